The van der Waals surface area contributed by atoms with Gasteiger partial charge >= 0.3 is 0 Å². The standard InChI is InChI=1S/C13H14N4/c1-2-3-9-12(14)13-10-15-17(16-13)11-7-5-4-6-8-11/h4-8,10,12H,9,14H2,1H3. The highest BCUT2D eigenvalue weighted by Crippen LogP contribution is 2.11. The van der Waals surface area contributed by atoms with Crippen molar-refractivity contribution >= 4 is 0 Å². The van der Waals surface area contributed by atoms with E-state index < -0.39 is 0 Å². The molecule has 0 spiro atoms. The normalized spacial score (nSPS) is 11.6. The summed E-state index contributed by atoms with van der Waals surface area (Å²) in [5.41, 5.74) is 7.64. The Balaban J connectivity index is 2.18. The van der Waals surface area contributed by atoms with Gasteiger partial charge in [-0.2, -0.15) is 15.0 Å². The van der Waals surface area contributed by atoms with Crippen molar-refractivity contribution in [2.24, 2.45) is 5.73 Å². The fraction of sp³-hybridized carbons (Fsp3) is 0.231. The second-order valence-corrected chi connectivity index (χ2v) is 3.63. The Bertz CT molecular complexity index is 533. The van der Waals surface area contributed by atoms with E-state index in [2.05, 4.69) is 22.0 Å². The molecule has 17 heavy (non-hydrogen) atoms. The van der Waals surface area contributed by atoms with Crippen LogP contribution >= 0.6 is 0 Å². The van der Waals surface area contributed by atoms with E-state index in [0.717, 1.165) is 11.4 Å². The molecule has 1 heterocycles. The van der Waals surface area contributed by atoms with Gasteiger partial charge in [-0.3, -0.25) is 0 Å². The summed E-state index contributed by atoms with van der Waals surface area (Å²) in [6.07, 6.45) is 2.29. The highest BCUT2D eigenvalue weighted by Gasteiger charge is 2.09. The summed E-state index contributed by atoms with van der Waals surface area (Å²) in [5, 5.41) is 8.54. The van der Waals surface area contributed by atoms with Gasteiger partial charge in [0.15, 0.2) is 0 Å². The van der Waals surface area contributed by atoms with Gasteiger partial charge < -0.3 is 5.73 Å². The number of rotatable bonds is 3. The van der Waals surface area contributed by atoms with Crippen molar-refractivity contribution in [1.82, 2.24) is 15.0 Å². The van der Waals surface area contributed by atoms with Gasteiger partial charge in [-0.1, -0.05) is 18.2 Å². The average Bonchev–Trinajstić information content (AvgIpc) is 2.86. The van der Waals surface area contributed by atoms with E-state index in [1.807, 2.05) is 30.3 Å². The van der Waals surface area contributed by atoms with Crippen molar-refractivity contribution < 1.29 is 0 Å². The van der Waals surface area contributed by atoms with E-state index in [1.54, 1.807) is 17.9 Å². The van der Waals surface area contributed by atoms with Crippen LogP contribution in [0.15, 0.2) is 36.5 Å². The van der Waals surface area contributed by atoms with Crippen LogP contribution in [0.2, 0.25) is 0 Å². The van der Waals surface area contributed by atoms with Crippen LogP contribution in [0.5, 0.6) is 0 Å². The molecular weight excluding hydrogens is 212 g/mol. The minimum Gasteiger partial charge on any atom is -0.322 e. The summed E-state index contributed by atoms with van der Waals surface area (Å²) >= 11 is 0. The summed E-state index contributed by atoms with van der Waals surface area (Å²) in [6.45, 7) is 1.80. The third kappa shape index (κ3) is 2.71. The predicted octanol–water partition coefficient (Wildman–Crippen LogP) is 1.68. The van der Waals surface area contributed by atoms with Crippen molar-refractivity contribution in [1.29, 1.82) is 0 Å². The van der Waals surface area contributed by atoms with E-state index in [1.165, 1.54) is 0 Å². The SMILES string of the molecule is CC#CCC(N)c1cnn(-c2ccccc2)n1. The molecule has 0 bridgehead atoms. The number of hydrogen-bond donors (Lipinski definition) is 1. The Morgan fingerprint density at radius 2 is 2.12 bits per heavy atom. The molecule has 4 heteroatoms. The van der Waals surface area contributed by atoms with E-state index in [0.29, 0.717) is 6.42 Å². The van der Waals surface area contributed by atoms with Gasteiger partial charge in [0.2, 0.25) is 0 Å². The lowest BCUT2D eigenvalue weighted by Crippen LogP contribution is -2.10. The molecule has 0 aliphatic rings. The zero-order valence-electron chi connectivity index (χ0n) is 9.67. The molecule has 86 valence electrons. The van der Waals surface area contributed by atoms with E-state index in [4.69, 9.17) is 5.73 Å². The lowest BCUT2D eigenvalue weighted by atomic mass is 10.2. The molecule has 1 aromatic heterocycles. The van der Waals surface area contributed by atoms with Crippen molar-refractivity contribution in [2.75, 3.05) is 0 Å². The topological polar surface area (TPSA) is 56.7 Å². The molecule has 2 rings (SSSR count). The molecule has 1 atom stereocenters. The number of nitrogens with zero attached hydrogens (tertiary/aromatic N) is 3. The number of aromatic nitrogens is 3. The first-order valence-electron chi connectivity index (χ1n) is 5.44. The number of hydrogen-bond acceptors (Lipinski definition) is 3. The summed E-state index contributed by atoms with van der Waals surface area (Å²) < 4.78 is 0. The largest absolute Gasteiger partial charge is 0.322 e. The Morgan fingerprint density at radius 1 is 1.35 bits per heavy atom. The van der Waals surface area contributed by atoms with Gasteiger partial charge in [-0.05, 0) is 19.1 Å². The molecule has 0 aliphatic carbocycles. The summed E-state index contributed by atoms with van der Waals surface area (Å²) in [6, 6.07) is 9.56. The summed E-state index contributed by atoms with van der Waals surface area (Å²) in [5.74, 6) is 5.77. The zero-order chi connectivity index (χ0) is 12.1. The Kier molecular flexibility index (Phi) is 3.53. The van der Waals surface area contributed by atoms with Crippen LogP contribution in [-0.2, 0) is 0 Å². The van der Waals surface area contributed by atoms with E-state index >= 15 is 0 Å². The van der Waals surface area contributed by atoms with E-state index in [-0.39, 0.29) is 6.04 Å². The highest BCUT2D eigenvalue weighted by atomic mass is 15.5. The van der Waals surface area contributed by atoms with Crippen LogP contribution in [0.1, 0.15) is 25.1 Å². The monoisotopic (exact) mass is 226 g/mol. The average molecular weight is 226 g/mol. The maximum Gasteiger partial charge on any atom is 0.101 e. The first kappa shape index (κ1) is 11.4. The van der Waals surface area contributed by atoms with Crippen LogP contribution in [0.25, 0.3) is 5.69 Å². The van der Waals surface area contributed by atoms with Crippen LogP contribution in [0.3, 0.4) is 0 Å². The molecule has 1 aromatic carbocycles. The maximum atomic E-state index is 5.95. The van der Waals surface area contributed by atoms with Gasteiger partial charge in [0.25, 0.3) is 0 Å². The second-order valence-electron chi connectivity index (χ2n) is 3.63. The zero-order valence-corrected chi connectivity index (χ0v) is 9.67. The van der Waals surface area contributed by atoms with Crippen LogP contribution in [0, 0.1) is 11.8 Å². The number of benzene rings is 1. The van der Waals surface area contributed by atoms with Gasteiger partial charge in [0.05, 0.1) is 17.9 Å². The third-order valence-electron chi connectivity index (χ3n) is 2.38. The lowest BCUT2D eigenvalue weighted by molar-refractivity contribution is 0.682. The first-order valence-corrected chi connectivity index (χ1v) is 5.44. The molecule has 0 radical (unpaired) electrons. The number of para-hydroxylation sites is 1. The van der Waals surface area contributed by atoms with Crippen molar-refractivity contribution in [3.8, 4) is 17.5 Å². The molecule has 0 saturated heterocycles. The van der Waals surface area contributed by atoms with Crippen molar-refractivity contribution in [3.05, 3.63) is 42.2 Å². The minimum absolute atomic E-state index is 0.181. The fourth-order valence-corrected chi connectivity index (χ4v) is 1.45. The first-order chi connectivity index (χ1) is 8.31. The highest BCUT2D eigenvalue weighted by molar-refractivity contribution is 5.28. The van der Waals surface area contributed by atoms with Gasteiger partial charge in [0.1, 0.15) is 5.69 Å². The molecule has 2 N–H and O–H groups in total. The Morgan fingerprint density at radius 3 is 2.82 bits per heavy atom. The van der Waals surface area contributed by atoms with Gasteiger partial charge in [-0.25, -0.2) is 0 Å². The Labute approximate surface area is 100 Å². The molecule has 0 aliphatic heterocycles. The Hall–Kier alpha value is -2.12. The van der Waals surface area contributed by atoms with Crippen molar-refractivity contribution in [3.63, 3.8) is 0 Å². The maximum absolute atomic E-state index is 5.95. The smallest absolute Gasteiger partial charge is 0.101 e. The molecule has 2 aromatic rings. The third-order valence-corrected chi connectivity index (χ3v) is 2.38. The van der Waals surface area contributed by atoms with Gasteiger partial charge in [0, 0.05) is 6.42 Å². The van der Waals surface area contributed by atoms with Gasteiger partial charge in [-0.15, -0.1) is 11.8 Å². The number of nitrogens with two attached hydrogens (primary N) is 1. The molecular formula is C13H14N4. The summed E-state index contributed by atoms with van der Waals surface area (Å²) in [7, 11) is 0. The molecule has 4 nitrogen and oxygen atoms in total. The van der Waals surface area contributed by atoms with Crippen LogP contribution in [-0.4, -0.2) is 15.0 Å². The predicted molar refractivity (Wildman–Crippen MR) is 66.4 cm³/mol. The fourth-order valence-electron chi connectivity index (χ4n) is 1.45. The summed E-state index contributed by atoms with van der Waals surface area (Å²) in [4.78, 5) is 1.58. The quantitative estimate of drug-likeness (QED) is 0.810. The molecule has 0 fully saturated rings. The van der Waals surface area contributed by atoms with Crippen LogP contribution < -0.4 is 5.73 Å². The van der Waals surface area contributed by atoms with Crippen LogP contribution in [0.4, 0.5) is 0 Å². The molecule has 0 amide bonds. The molecule has 1 unspecified atom stereocenters. The molecule has 0 saturated carbocycles. The van der Waals surface area contributed by atoms with Crippen molar-refractivity contribution in [2.45, 2.75) is 19.4 Å². The van der Waals surface area contributed by atoms with E-state index in [9.17, 15) is 0 Å². The second kappa shape index (κ2) is 5.28. The lowest BCUT2D eigenvalue weighted by Gasteiger charge is -2.02. The minimum atomic E-state index is -0.181.